The topological polar surface area (TPSA) is 96.3 Å². The maximum atomic E-state index is 12.9. The van der Waals surface area contributed by atoms with E-state index in [0.717, 1.165) is 17.3 Å². The number of carbonyl (C=O) groups is 3. The van der Waals surface area contributed by atoms with E-state index in [1.54, 1.807) is 54.6 Å². The van der Waals surface area contributed by atoms with Gasteiger partial charge >= 0.3 is 11.9 Å². The minimum atomic E-state index is -1.10. The molecule has 1 aliphatic heterocycles. The fourth-order valence-corrected chi connectivity index (χ4v) is 3.72. The number of ether oxygens (including phenoxy) is 1. The summed E-state index contributed by atoms with van der Waals surface area (Å²) in [6.07, 6.45) is 3.26. The summed E-state index contributed by atoms with van der Waals surface area (Å²) in [7, 11) is 1.31. The molecule has 152 valence electrons. The summed E-state index contributed by atoms with van der Waals surface area (Å²) in [5.41, 5.74) is 1.44. The Morgan fingerprint density at radius 1 is 1.20 bits per heavy atom. The van der Waals surface area contributed by atoms with Crippen molar-refractivity contribution in [3.63, 3.8) is 0 Å². The van der Waals surface area contributed by atoms with Crippen molar-refractivity contribution in [3.8, 4) is 0 Å². The van der Waals surface area contributed by atoms with Crippen LogP contribution in [0.2, 0.25) is 0 Å². The zero-order valence-corrected chi connectivity index (χ0v) is 16.9. The standard InChI is InChI=1S/C22H18N2O5S/c1-3-12-24-19(25)18(13-14-8-10-15(11-9-14)21(28)29-2)30-22(24)23-17-7-5-4-6-16(17)20(26)27/h3-11,13H,1,12H2,2H3,(H,26,27)/b18-13-,23-22?. The fourth-order valence-electron chi connectivity index (χ4n) is 2.72. The lowest BCUT2D eigenvalue weighted by atomic mass is 10.1. The second-order valence-electron chi connectivity index (χ2n) is 6.15. The second kappa shape index (κ2) is 9.23. The van der Waals surface area contributed by atoms with Gasteiger partial charge in [-0.1, -0.05) is 30.3 Å². The Kier molecular flexibility index (Phi) is 6.48. The number of carboxylic acids is 1. The number of amidine groups is 1. The second-order valence-corrected chi connectivity index (χ2v) is 7.15. The number of esters is 1. The molecule has 0 aromatic heterocycles. The van der Waals surface area contributed by atoms with Gasteiger partial charge in [0.15, 0.2) is 5.17 Å². The Hall–Kier alpha value is -3.65. The van der Waals surface area contributed by atoms with Crippen LogP contribution in [0.5, 0.6) is 0 Å². The SMILES string of the molecule is C=CCN1C(=O)/C(=C/c2ccc(C(=O)OC)cc2)SC1=Nc1ccccc1C(=O)O. The third-order valence-corrected chi connectivity index (χ3v) is 5.19. The first-order valence-electron chi connectivity index (χ1n) is 8.86. The van der Waals surface area contributed by atoms with E-state index in [4.69, 9.17) is 0 Å². The van der Waals surface area contributed by atoms with Crippen molar-refractivity contribution in [3.05, 3.63) is 82.8 Å². The van der Waals surface area contributed by atoms with Gasteiger partial charge in [0.25, 0.3) is 5.91 Å². The normalized spacial score (nSPS) is 16.2. The Labute approximate surface area is 177 Å². The van der Waals surface area contributed by atoms with E-state index in [-0.39, 0.29) is 23.7 Å². The number of para-hydroxylation sites is 1. The van der Waals surface area contributed by atoms with Crippen LogP contribution < -0.4 is 0 Å². The van der Waals surface area contributed by atoms with Crippen molar-refractivity contribution in [1.29, 1.82) is 0 Å². The molecule has 1 amide bonds. The van der Waals surface area contributed by atoms with Gasteiger partial charge in [-0.15, -0.1) is 6.58 Å². The number of carbonyl (C=O) groups excluding carboxylic acids is 2. The number of methoxy groups -OCH3 is 1. The maximum Gasteiger partial charge on any atom is 0.337 e. The van der Waals surface area contributed by atoms with E-state index in [1.807, 2.05) is 0 Å². The molecule has 0 radical (unpaired) electrons. The summed E-state index contributed by atoms with van der Waals surface area (Å²) in [6, 6.07) is 13.0. The summed E-state index contributed by atoms with van der Waals surface area (Å²) in [4.78, 5) is 42.2. The van der Waals surface area contributed by atoms with Crippen LogP contribution in [0.1, 0.15) is 26.3 Å². The van der Waals surface area contributed by atoms with Crippen LogP contribution in [0.15, 0.2) is 71.1 Å². The molecule has 3 rings (SSSR count). The van der Waals surface area contributed by atoms with Crippen LogP contribution >= 0.6 is 11.8 Å². The zero-order chi connectivity index (χ0) is 21.7. The fraction of sp³-hybridized carbons (Fsp3) is 0.0909. The first-order chi connectivity index (χ1) is 14.4. The van der Waals surface area contributed by atoms with Gasteiger partial charge in [0.05, 0.1) is 28.8 Å². The highest BCUT2D eigenvalue weighted by Crippen LogP contribution is 2.34. The molecule has 1 fully saturated rings. The lowest BCUT2D eigenvalue weighted by molar-refractivity contribution is -0.121. The van der Waals surface area contributed by atoms with Gasteiger partial charge in [-0.3, -0.25) is 9.69 Å². The first kappa shape index (κ1) is 21.1. The number of thioether (sulfide) groups is 1. The van der Waals surface area contributed by atoms with Gasteiger partial charge in [-0.2, -0.15) is 0 Å². The van der Waals surface area contributed by atoms with Crippen molar-refractivity contribution >= 4 is 46.5 Å². The zero-order valence-electron chi connectivity index (χ0n) is 16.1. The van der Waals surface area contributed by atoms with Gasteiger partial charge in [0.2, 0.25) is 0 Å². The molecule has 1 saturated heterocycles. The highest BCUT2D eigenvalue weighted by Gasteiger charge is 2.33. The van der Waals surface area contributed by atoms with Gasteiger partial charge < -0.3 is 9.84 Å². The average molecular weight is 422 g/mol. The smallest absolute Gasteiger partial charge is 0.337 e. The van der Waals surface area contributed by atoms with Crippen LogP contribution in [-0.2, 0) is 9.53 Å². The molecule has 1 N–H and O–H groups in total. The molecule has 30 heavy (non-hydrogen) atoms. The number of rotatable bonds is 6. The predicted molar refractivity (Wildman–Crippen MR) is 116 cm³/mol. The van der Waals surface area contributed by atoms with Crippen LogP contribution in [0.3, 0.4) is 0 Å². The Balaban J connectivity index is 1.95. The molecule has 0 bridgehead atoms. The molecule has 0 unspecified atom stereocenters. The Morgan fingerprint density at radius 2 is 1.90 bits per heavy atom. The van der Waals surface area contributed by atoms with E-state index in [0.29, 0.717) is 15.6 Å². The largest absolute Gasteiger partial charge is 0.478 e. The van der Waals surface area contributed by atoms with Crippen LogP contribution in [-0.4, -0.2) is 46.7 Å². The quantitative estimate of drug-likeness (QED) is 0.430. The average Bonchev–Trinajstić information content (AvgIpc) is 3.03. The van der Waals surface area contributed by atoms with Crippen LogP contribution in [0, 0.1) is 0 Å². The van der Waals surface area contributed by atoms with E-state index in [1.165, 1.54) is 18.1 Å². The van der Waals surface area contributed by atoms with Crippen LogP contribution in [0.25, 0.3) is 6.08 Å². The molecule has 0 atom stereocenters. The minimum Gasteiger partial charge on any atom is -0.478 e. The number of hydrogen-bond donors (Lipinski definition) is 1. The van der Waals surface area contributed by atoms with Crippen molar-refractivity contribution in [2.24, 2.45) is 4.99 Å². The minimum absolute atomic E-state index is 0.0485. The van der Waals surface area contributed by atoms with E-state index >= 15 is 0 Å². The van der Waals surface area contributed by atoms with Crippen molar-refractivity contribution in [1.82, 2.24) is 4.90 Å². The van der Waals surface area contributed by atoms with Gasteiger partial charge in [0, 0.05) is 6.54 Å². The van der Waals surface area contributed by atoms with Gasteiger partial charge in [0.1, 0.15) is 0 Å². The predicted octanol–water partition coefficient (Wildman–Crippen LogP) is 3.96. The molecule has 1 aliphatic rings. The number of benzene rings is 2. The van der Waals surface area contributed by atoms with Crippen molar-refractivity contribution < 1.29 is 24.2 Å². The molecule has 1 heterocycles. The monoisotopic (exact) mass is 422 g/mol. The molecule has 2 aromatic carbocycles. The maximum absolute atomic E-state index is 12.9. The molecular formula is C22H18N2O5S. The van der Waals surface area contributed by atoms with Gasteiger partial charge in [-0.05, 0) is 47.7 Å². The van der Waals surface area contributed by atoms with Gasteiger partial charge in [-0.25, -0.2) is 14.6 Å². The molecular weight excluding hydrogens is 404 g/mol. The number of hydrogen-bond acceptors (Lipinski definition) is 6. The number of nitrogens with zero attached hydrogens (tertiary/aromatic N) is 2. The highest BCUT2D eigenvalue weighted by atomic mass is 32.2. The number of amides is 1. The third-order valence-electron chi connectivity index (χ3n) is 4.18. The summed E-state index contributed by atoms with van der Waals surface area (Å²) in [5.74, 6) is -1.80. The molecule has 8 heteroatoms. The molecule has 0 saturated carbocycles. The summed E-state index contributed by atoms with van der Waals surface area (Å²) < 4.78 is 4.68. The van der Waals surface area contributed by atoms with Crippen LogP contribution in [0.4, 0.5) is 5.69 Å². The first-order valence-corrected chi connectivity index (χ1v) is 9.68. The molecule has 2 aromatic rings. The highest BCUT2D eigenvalue weighted by molar-refractivity contribution is 8.18. The summed E-state index contributed by atoms with van der Waals surface area (Å²) >= 11 is 1.15. The number of aliphatic imine (C=N–C) groups is 1. The summed E-state index contributed by atoms with van der Waals surface area (Å²) in [5, 5.41) is 9.74. The number of aromatic carboxylic acids is 1. The molecule has 0 spiro atoms. The lowest BCUT2D eigenvalue weighted by Crippen LogP contribution is -2.29. The Morgan fingerprint density at radius 3 is 2.53 bits per heavy atom. The number of carboxylic acid groups (broad SMARTS) is 1. The lowest BCUT2D eigenvalue weighted by Gasteiger charge is -2.13. The molecule has 7 nitrogen and oxygen atoms in total. The Bertz CT molecular complexity index is 1070. The van der Waals surface area contributed by atoms with E-state index in [2.05, 4.69) is 16.3 Å². The third kappa shape index (κ3) is 4.49. The molecule has 0 aliphatic carbocycles. The van der Waals surface area contributed by atoms with Crippen molar-refractivity contribution in [2.75, 3.05) is 13.7 Å². The van der Waals surface area contributed by atoms with E-state index in [9.17, 15) is 19.5 Å². The van der Waals surface area contributed by atoms with E-state index < -0.39 is 11.9 Å². The summed E-state index contributed by atoms with van der Waals surface area (Å²) in [6.45, 7) is 3.91. The van der Waals surface area contributed by atoms with Crippen molar-refractivity contribution in [2.45, 2.75) is 0 Å².